The molecule has 0 aromatic heterocycles. The van der Waals surface area contributed by atoms with Gasteiger partial charge in [0, 0.05) is 24.6 Å². The molecule has 4 unspecified atom stereocenters. The van der Waals surface area contributed by atoms with Gasteiger partial charge in [-0.1, -0.05) is 12.2 Å². The fourth-order valence-electron chi connectivity index (χ4n) is 3.33. The summed E-state index contributed by atoms with van der Waals surface area (Å²) in [4.78, 5) is 0. The van der Waals surface area contributed by atoms with Gasteiger partial charge in [0.05, 0.1) is 0 Å². The van der Waals surface area contributed by atoms with Gasteiger partial charge in [0.15, 0.2) is 0 Å². The minimum absolute atomic E-state index is 0.469. The van der Waals surface area contributed by atoms with Gasteiger partial charge in [-0.25, -0.2) is 0 Å². The van der Waals surface area contributed by atoms with E-state index in [0.29, 0.717) is 17.3 Å². The summed E-state index contributed by atoms with van der Waals surface area (Å²) in [7, 11) is -1.60. The van der Waals surface area contributed by atoms with Crippen LogP contribution < -0.4 is 0 Å². The molecule has 4 heteroatoms. The Morgan fingerprint density at radius 2 is 1.94 bits per heavy atom. The lowest BCUT2D eigenvalue weighted by atomic mass is 9.91. The molecule has 0 radical (unpaired) electrons. The Morgan fingerprint density at radius 3 is 2.35 bits per heavy atom. The average molecular weight is 275 g/mol. The molecule has 0 saturated heterocycles. The molecule has 0 amide bonds. The van der Waals surface area contributed by atoms with Crippen molar-refractivity contribution in [2.45, 2.75) is 32.2 Å². The Labute approximate surface area is 111 Å². The number of allylic oxidation sites excluding steroid dienone is 2. The van der Waals surface area contributed by atoms with Crippen molar-refractivity contribution in [1.29, 1.82) is 0 Å². The minimum Gasteiger partial charge on any atom is -0.397 e. The van der Waals surface area contributed by atoms with Gasteiger partial charge in [0.2, 0.25) is 0 Å². The maximum Gasteiger partial charge on any atom is 0.326 e. The molecule has 0 aromatic rings. The Balaban J connectivity index is 2.01. The largest absolute Gasteiger partial charge is 0.397 e. The monoisotopic (exact) mass is 274 g/mol. The molecule has 17 heavy (non-hydrogen) atoms. The highest BCUT2D eigenvalue weighted by Crippen LogP contribution is 2.49. The highest BCUT2D eigenvalue weighted by Gasteiger charge is 2.43. The van der Waals surface area contributed by atoms with Gasteiger partial charge in [0.1, 0.15) is 0 Å². The topological polar surface area (TPSA) is 18.5 Å². The van der Waals surface area contributed by atoms with E-state index in [1.165, 1.54) is 12.8 Å². The van der Waals surface area contributed by atoms with Crippen LogP contribution in [0, 0.1) is 17.8 Å². The summed E-state index contributed by atoms with van der Waals surface area (Å²) >= 11 is 6.20. The van der Waals surface area contributed by atoms with E-state index in [4.69, 9.17) is 20.5 Å². The molecular formula is C13H23ClO2Si. The van der Waals surface area contributed by atoms with Crippen LogP contribution in [0.2, 0.25) is 5.54 Å². The molecule has 2 bridgehead atoms. The van der Waals surface area contributed by atoms with Gasteiger partial charge in [-0.05, 0) is 44.4 Å². The molecule has 0 N–H and O–H groups in total. The fourth-order valence-corrected chi connectivity index (χ4v) is 6.23. The number of hydrogen-bond donors (Lipinski definition) is 0. The molecule has 0 heterocycles. The zero-order valence-corrected chi connectivity index (χ0v) is 12.7. The van der Waals surface area contributed by atoms with Gasteiger partial charge in [-0.2, -0.15) is 0 Å². The van der Waals surface area contributed by atoms with E-state index in [1.807, 2.05) is 13.8 Å². The minimum atomic E-state index is -1.60. The van der Waals surface area contributed by atoms with Crippen LogP contribution in [-0.4, -0.2) is 28.4 Å². The predicted octanol–water partition coefficient (Wildman–Crippen LogP) is 3.10. The number of fused-ring (bicyclic) bond motifs is 2. The van der Waals surface area contributed by atoms with E-state index in [2.05, 4.69) is 12.2 Å². The second-order valence-electron chi connectivity index (χ2n) is 5.04. The van der Waals surface area contributed by atoms with Gasteiger partial charge >= 0.3 is 9.28 Å². The van der Waals surface area contributed by atoms with Crippen LogP contribution in [0.3, 0.4) is 0 Å². The summed E-state index contributed by atoms with van der Waals surface area (Å²) in [5, 5.41) is 0. The zero-order valence-electron chi connectivity index (χ0n) is 10.8. The maximum atomic E-state index is 6.20. The number of halogens is 1. The second kappa shape index (κ2) is 6.37. The number of hydrogen-bond acceptors (Lipinski definition) is 2. The first kappa shape index (κ1) is 13.6. The summed E-state index contributed by atoms with van der Waals surface area (Å²) in [5.41, 5.74) is 0.469. The number of alkyl halides is 1. The first-order valence-electron chi connectivity index (χ1n) is 6.77. The molecule has 1 fully saturated rings. The van der Waals surface area contributed by atoms with Crippen molar-refractivity contribution in [3.8, 4) is 0 Å². The Kier molecular flexibility index (Phi) is 5.09. The van der Waals surface area contributed by atoms with Crippen LogP contribution in [0.25, 0.3) is 0 Å². The maximum absolute atomic E-state index is 6.20. The normalized spacial score (nSPS) is 32.6. The van der Waals surface area contributed by atoms with Crippen molar-refractivity contribution in [3.05, 3.63) is 12.2 Å². The highest BCUT2D eigenvalue weighted by molar-refractivity contribution is 6.48. The Morgan fingerprint density at radius 1 is 1.24 bits per heavy atom. The molecular weight excluding hydrogens is 252 g/mol. The summed E-state index contributed by atoms with van der Waals surface area (Å²) in [5.74, 6) is 2.93. The quantitative estimate of drug-likeness (QED) is 0.404. The van der Waals surface area contributed by atoms with E-state index in [0.717, 1.165) is 25.0 Å². The van der Waals surface area contributed by atoms with Crippen molar-refractivity contribution < 1.29 is 8.85 Å². The first-order chi connectivity index (χ1) is 8.30. The standard InChI is InChI=1S/C13H23ClO2Si/c1-3-15-17(16-4-2)13(9-14)12-8-10-5-6-11(12)7-10/h5-6,10-13,17H,3-4,7-9H2,1-2H3. The predicted molar refractivity (Wildman–Crippen MR) is 73.7 cm³/mol. The molecule has 2 aliphatic rings. The van der Waals surface area contributed by atoms with E-state index in [-0.39, 0.29) is 0 Å². The molecule has 2 rings (SSSR count). The SMILES string of the molecule is CCO[SiH](OCC)C(CCl)C1CC2C=CC1C2. The van der Waals surface area contributed by atoms with Crippen LogP contribution in [0.15, 0.2) is 12.2 Å². The smallest absolute Gasteiger partial charge is 0.326 e. The zero-order chi connectivity index (χ0) is 12.3. The average Bonchev–Trinajstić information content (AvgIpc) is 2.93. The lowest BCUT2D eigenvalue weighted by Gasteiger charge is -2.31. The fraction of sp³-hybridized carbons (Fsp3) is 0.846. The van der Waals surface area contributed by atoms with E-state index in [9.17, 15) is 0 Å². The van der Waals surface area contributed by atoms with Gasteiger partial charge < -0.3 is 8.85 Å². The van der Waals surface area contributed by atoms with Crippen molar-refractivity contribution in [2.24, 2.45) is 17.8 Å². The third-order valence-electron chi connectivity index (χ3n) is 4.07. The van der Waals surface area contributed by atoms with Gasteiger partial charge in [-0.3, -0.25) is 0 Å². The molecule has 0 aliphatic heterocycles. The van der Waals surface area contributed by atoms with E-state index >= 15 is 0 Å². The molecule has 1 saturated carbocycles. The number of rotatable bonds is 7. The van der Waals surface area contributed by atoms with Crippen molar-refractivity contribution in [2.75, 3.05) is 19.1 Å². The summed E-state index contributed by atoms with van der Waals surface area (Å²) in [6.07, 6.45) is 7.39. The van der Waals surface area contributed by atoms with Crippen molar-refractivity contribution in [3.63, 3.8) is 0 Å². The van der Waals surface area contributed by atoms with Crippen molar-refractivity contribution >= 4 is 20.9 Å². The van der Waals surface area contributed by atoms with Crippen LogP contribution in [0.4, 0.5) is 0 Å². The highest BCUT2D eigenvalue weighted by atomic mass is 35.5. The summed E-state index contributed by atoms with van der Waals surface area (Å²) in [6.45, 7) is 5.60. The van der Waals surface area contributed by atoms with E-state index in [1.54, 1.807) is 0 Å². The first-order valence-corrected chi connectivity index (χ1v) is 8.92. The van der Waals surface area contributed by atoms with E-state index < -0.39 is 9.28 Å². The molecule has 2 nitrogen and oxygen atoms in total. The van der Waals surface area contributed by atoms with Crippen LogP contribution >= 0.6 is 11.6 Å². The van der Waals surface area contributed by atoms with Gasteiger partial charge in [0.25, 0.3) is 0 Å². The molecule has 0 aromatic carbocycles. The Hall–Kier alpha value is 0.167. The molecule has 98 valence electrons. The van der Waals surface area contributed by atoms with Gasteiger partial charge in [-0.15, -0.1) is 11.6 Å². The summed E-state index contributed by atoms with van der Waals surface area (Å²) < 4.78 is 11.7. The molecule has 4 atom stereocenters. The van der Waals surface area contributed by atoms with Crippen LogP contribution in [0.5, 0.6) is 0 Å². The summed E-state index contributed by atoms with van der Waals surface area (Å²) in [6, 6.07) is 0. The Bertz CT molecular complexity index is 266. The third kappa shape index (κ3) is 2.95. The molecule has 0 spiro atoms. The molecule has 2 aliphatic carbocycles. The van der Waals surface area contributed by atoms with Crippen LogP contribution in [-0.2, 0) is 8.85 Å². The second-order valence-corrected chi connectivity index (χ2v) is 7.61. The lowest BCUT2D eigenvalue weighted by molar-refractivity contribution is 0.192. The van der Waals surface area contributed by atoms with Crippen molar-refractivity contribution in [1.82, 2.24) is 0 Å². The van der Waals surface area contributed by atoms with Crippen LogP contribution in [0.1, 0.15) is 26.7 Å². The third-order valence-corrected chi connectivity index (χ3v) is 7.48. The lowest BCUT2D eigenvalue weighted by Crippen LogP contribution is -2.36.